The van der Waals surface area contributed by atoms with Gasteiger partial charge in [-0.25, -0.2) is 0 Å². The van der Waals surface area contributed by atoms with E-state index in [1.54, 1.807) is 7.11 Å². The van der Waals surface area contributed by atoms with Crippen molar-refractivity contribution in [2.75, 3.05) is 19.0 Å². The van der Waals surface area contributed by atoms with E-state index in [9.17, 15) is 0 Å². The molecule has 0 unspecified atom stereocenters. The number of fused-ring (bicyclic) bond motifs is 1. The largest absolute Gasteiger partial charge is 0.376 e. The minimum Gasteiger partial charge on any atom is -0.376 e. The first-order chi connectivity index (χ1) is 10.4. The lowest BCUT2D eigenvalue weighted by molar-refractivity contribution is 0.00735. The van der Waals surface area contributed by atoms with Gasteiger partial charge in [-0.1, -0.05) is 33.6 Å². The minimum atomic E-state index is -0.0930. The summed E-state index contributed by atoms with van der Waals surface area (Å²) in [5.41, 5.74) is 0.638. The summed E-state index contributed by atoms with van der Waals surface area (Å²) in [7, 11) is 1.81. The van der Waals surface area contributed by atoms with Crippen LogP contribution in [0.25, 0.3) is 5.65 Å². The number of nitrogens with zero attached hydrogens (tertiary/aromatic N) is 4. The van der Waals surface area contributed by atoms with Gasteiger partial charge < -0.3 is 10.1 Å². The fourth-order valence-corrected chi connectivity index (χ4v) is 3.07. The lowest BCUT2D eigenvalue weighted by atomic mass is 9.96. The van der Waals surface area contributed by atoms with Crippen molar-refractivity contribution in [3.8, 4) is 0 Å². The number of hydrogen-bond acceptors (Lipinski definition) is 5. The zero-order chi connectivity index (χ0) is 15.8. The van der Waals surface area contributed by atoms with Crippen LogP contribution in [0.2, 0.25) is 0 Å². The first-order valence-electron chi connectivity index (χ1n) is 7.96. The highest BCUT2D eigenvalue weighted by Crippen LogP contribution is 2.32. The average Bonchev–Trinajstić information content (AvgIpc) is 3.11. The van der Waals surface area contributed by atoms with E-state index >= 15 is 0 Å². The van der Waals surface area contributed by atoms with Gasteiger partial charge in [0.25, 0.3) is 0 Å². The van der Waals surface area contributed by atoms with Crippen LogP contribution in [-0.4, -0.2) is 39.1 Å². The number of nitrogens with one attached hydrogen (secondary N) is 1. The maximum atomic E-state index is 5.75. The third kappa shape index (κ3) is 2.79. The molecular formula is C16H25N5O. The highest BCUT2D eigenvalue weighted by molar-refractivity contribution is 5.44. The van der Waals surface area contributed by atoms with Gasteiger partial charge in [0, 0.05) is 19.1 Å². The van der Waals surface area contributed by atoms with E-state index < -0.39 is 0 Å². The summed E-state index contributed by atoms with van der Waals surface area (Å²) in [6.45, 7) is 7.13. The molecule has 0 amide bonds. The standard InChI is InChI=1S/C16H25N5O/c1-15(2,3)14-19-18-13-8-7-12(20-21(13)14)17-11-16(22-4)9-5-6-10-16/h7-8H,5-6,9-11H2,1-4H3,(H,17,20). The maximum absolute atomic E-state index is 5.75. The van der Waals surface area contributed by atoms with E-state index in [2.05, 4.69) is 41.4 Å². The quantitative estimate of drug-likeness (QED) is 0.941. The number of hydrogen-bond donors (Lipinski definition) is 1. The topological polar surface area (TPSA) is 64.3 Å². The number of anilines is 1. The van der Waals surface area contributed by atoms with Crippen LogP contribution in [-0.2, 0) is 10.2 Å². The first-order valence-corrected chi connectivity index (χ1v) is 7.96. The lowest BCUT2D eigenvalue weighted by Gasteiger charge is -2.27. The smallest absolute Gasteiger partial charge is 0.178 e. The molecule has 1 saturated carbocycles. The fourth-order valence-electron chi connectivity index (χ4n) is 3.07. The van der Waals surface area contributed by atoms with Gasteiger partial charge in [0.05, 0.1) is 5.60 Å². The Morgan fingerprint density at radius 2 is 1.95 bits per heavy atom. The number of methoxy groups -OCH3 is 1. The van der Waals surface area contributed by atoms with Gasteiger partial charge in [-0.05, 0) is 25.0 Å². The second-order valence-corrected chi connectivity index (χ2v) is 7.21. The normalized spacial score (nSPS) is 18.0. The van der Waals surface area contributed by atoms with Gasteiger partial charge in [-0.15, -0.1) is 15.3 Å². The van der Waals surface area contributed by atoms with Crippen molar-refractivity contribution >= 4 is 11.5 Å². The molecule has 6 nitrogen and oxygen atoms in total. The van der Waals surface area contributed by atoms with Crippen molar-refractivity contribution in [3.63, 3.8) is 0 Å². The molecule has 0 radical (unpaired) electrons. The van der Waals surface area contributed by atoms with Crippen LogP contribution in [0.5, 0.6) is 0 Å². The molecule has 1 N–H and O–H groups in total. The Labute approximate surface area is 131 Å². The Balaban J connectivity index is 1.82. The van der Waals surface area contributed by atoms with Gasteiger partial charge in [-0.2, -0.15) is 4.52 Å². The Kier molecular flexibility index (Phi) is 3.80. The van der Waals surface area contributed by atoms with Gasteiger partial charge in [-0.3, -0.25) is 0 Å². The molecule has 0 aliphatic heterocycles. The molecule has 0 aromatic carbocycles. The molecule has 1 aliphatic rings. The summed E-state index contributed by atoms with van der Waals surface area (Å²) in [6.07, 6.45) is 4.69. The van der Waals surface area contributed by atoms with Crippen LogP contribution in [0.15, 0.2) is 12.1 Å². The molecule has 22 heavy (non-hydrogen) atoms. The molecule has 1 aliphatic carbocycles. The average molecular weight is 303 g/mol. The van der Waals surface area contributed by atoms with Crippen LogP contribution in [0.3, 0.4) is 0 Å². The zero-order valence-corrected chi connectivity index (χ0v) is 13.9. The van der Waals surface area contributed by atoms with Crippen molar-refractivity contribution < 1.29 is 4.74 Å². The van der Waals surface area contributed by atoms with Crippen molar-refractivity contribution in [2.45, 2.75) is 57.5 Å². The molecule has 0 saturated heterocycles. The Morgan fingerprint density at radius 1 is 1.23 bits per heavy atom. The molecule has 2 aromatic rings. The predicted molar refractivity (Wildman–Crippen MR) is 86.2 cm³/mol. The molecule has 6 heteroatoms. The van der Waals surface area contributed by atoms with Crippen molar-refractivity contribution in [3.05, 3.63) is 18.0 Å². The van der Waals surface area contributed by atoms with E-state index in [1.165, 1.54) is 12.8 Å². The van der Waals surface area contributed by atoms with E-state index in [4.69, 9.17) is 4.74 Å². The molecule has 0 bridgehead atoms. The minimum absolute atomic E-state index is 0.0450. The van der Waals surface area contributed by atoms with E-state index in [-0.39, 0.29) is 11.0 Å². The summed E-state index contributed by atoms with van der Waals surface area (Å²) in [5.74, 6) is 1.70. The van der Waals surface area contributed by atoms with Crippen LogP contribution < -0.4 is 5.32 Å². The highest BCUT2D eigenvalue weighted by atomic mass is 16.5. The Bertz CT molecular complexity index is 652. The molecule has 2 heterocycles. The summed E-state index contributed by atoms with van der Waals surface area (Å²) in [5, 5.41) is 16.5. The first kappa shape index (κ1) is 15.2. The zero-order valence-electron chi connectivity index (χ0n) is 13.9. The van der Waals surface area contributed by atoms with E-state index in [0.29, 0.717) is 0 Å². The highest BCUT2D eigenvalue weighted by Gasteiger charge is 2.33. The Hall–Kier alpha value is -1.69. The molecular weight excluding hydrogens is 278 g/mol. The van der Waals surface area contributed by atoms with Crippen molar-refractivity contribution in [1.29, 1.82) is 0 Å². The number of rotatable bonds is 4. The molecule has 2 aromatic heterocycles. The number of aromatic nitrogens is 4. The molecule has 0 spiro atoms. The van der Waals surface area contributed by atoms with Gasteiger partial charge >= 0.3 is 0 Å². The van der Waals surface area contributed by atoms with E-state index in [1.807, 2.05) is 16.6 Å². The van der Waals surface area contributed by atoms with Crippen LogP contribution >= 0.6 is 0 Å². The fraction of sp³-hybridized carbons (Fsp3) is 0.688. The van der Waals surface area contributed by atoms with E-state index in [0.717, 1.165) is 36.7 Å². The molecule has 0 atom stereocenters. The molecule has 120 valence electrons. The summed E-state index contributed by atoms with van der Waals surface area (Å²) >= 11 is 0. The number of ether oxygens (including phenoxy) is 1. The second-order valence-electron chi connectivity index (χ2n) is 7.21. The summed E-state index contributed by atoms with van der Waals surface area (Å²) in [4.78, 5) is 0. The van der Waals surface area contributed by atoms with Crippen molar-refractivity contribution in [1.82, 2.24) is 19.8 Å². The van der Waals surface area contributed by atoms with Crippen LogP contribution in [0.4, 0.5) is 5.82 Å². The van der Waals surface area contributed by atoms with Gasteiger partial charge in [0.1, 0.15) is 5.82 Å². The van der Waals surface area contributed by atoms with Gasteiger partial charge in [0.2, 0.25) is 0 Å². The molecule has 3 rings (SSSR count). The SMILES string of the molecule is COC1(CNc2ccc3nnc(C(C)(C)C)n3n2)CCCC1. The molecule has 1 fully saturated rings. The predicted octanol–water partition coefficient (Wildman–Crippen LogP) is 2.79. The lowest BCUT2D eigenvalue weighted by Crippen LogP contribution is -2.36. The third-order valence-corrected chi connectivity index (χ3v) is 4.47. The summed E-state index contributed by atoms with van der Waals surface area (Å²) in [6, 6.07) is 3.90. The van der Waals surface area contributed by atoms with Crippen LogP contribution in [0.1, 0.15) is 52.3 Å². The van der Waals surface area contributed by atoms with Crippen LogP contribution in [0, 0.1) is 0 Å². The third-order valence-electron chi connectivity index (χ3n) is 4.47. The monoisotopic (exact) mass is 303 g/mol. The second kappa shape index (κ2) is 5.50. The van der Waals surface area contributed by atoms with Gasteiger partial charge in [0.15, 0.2) is 11.5 Å². The Morgan fingerprint density at radius 3 is 2.59 bits per heavy atom. The van der Waals surface area contributed by atoms with Crippen molar-refractivity contribution in [2.24, 2.45) is 0 Å². The maximum Gasteiger partial charge on any atom is 0.178 e. The summed E-state index contributed by atoms with van der Waals surface area (Å²) < 4.78 is 7.58.